The van der Waals surface area contributed by atoms with E-state index in [1.165, 1.54) is 27.8 Å². The molecule has 5 nitrogen and oxygen atoms in total. The number of fused-ring (bicyclic) bond motifs is 17. The number of hydrogen-bond acceptors (Lipinski definition) is 5. The Hall–Kier alpha value is -10.4. The molecule has 0 bridgehead atoms. The topological polar surface area (TPSA) is 38.1 Å². The summed E-state index contributed by atoms with van der Waals surface area (Å²) in [6, 6.07) is 89.4. The van der Waals surface area contributed by atoms with E-state index in [0.29, 0.717) is 6.42 Å². The van der Waals surface area contributed by atoms with Gasteiger partial charge >= 0.3 is 0 Å². The largest absolute Gasteiger partial charge is 0.482 e. The summed E-state index contributed by atoms with van der Waals surface area (Å²) in [6.45, 7) is 22.3. The SMILES string of the molecule is CC(C)(C)c1ccc(N(c2ccc3c(c2)C(C)(C)Oc2ccccc2-3)c2cc3c(c4c2Cc2ccccc2-4)-c2c(cc(N(c4ccc(C(C)(C)C)cc4)c4ccc5c(c4)C(C)(C)Oc4ccccc4-5)c4c2oc2ccccc24)C3(c2ccccc2)c2cccc(F)c2)cc1. The monoisotopic (exact) mass is 1220 g/mol. The van der Waals surface area contributed by atoms with Crippen LogP contribution in [0.15, 0.2) is 253 Å². The fourth-order valence-electron chi connectivity index (χ4n) is 16.1. The fraction of sp³-hybridized carbons (Fsp3) is 0.182. The molecule has 4 aliphatic rings. The number of rotatable bonds is 8. The summed E-state index contributed by atoms with van der Waals surface area (Å²) in [4.78, 5) is 4.93. The molecule has 1 unspecified atom stereocenters. The first kappa shape index (κ1) is 57.5. The van der Waals surface area contributed by atoms with Crippen molar-refractivity contribution < 1.29 is 18.3 Å². The van der Waals surface area contributed by atoms with E-state index in [1.54, 1.807) is 12.1 Å². The van der Waals surface area contributed by atoms with Gasteiger partial charge in [-0.15, -0.1) is 0 Å². The van der Waals surface area contributed by atoms with Gasteiger partial charge in [0, 0.05) is 62.4 Å². The maximum absolute atomic E-state index is 17.1. The van der Waals surface area contributed by atoms with Gasteiger partial charge in [0.1, 0.15) is 39.7 Å². The third kappa shape index (κ3) is 8.64. The van der Waals surface area contributed by atoms with E-state index >= 15 is 4.39 Å². The Morgan fingerprint density at radius 2 is 0.883 bits per heavy atom. The highest BCUT2D eigenvalue weighted by atomic mass is 19.1. The molecular weight excluding hydrogens is 1150 g/mol. The standard InChI is InChI=1S/C88H73FN2O3/c1-84(2,3)54-35-39-59(40-36-54)90(61-43-45-64-66-29-16-20-33-77(66)93-86(7,8)70(64)49-61)74-51-72-81(79-63-28-15-14-23-53(63)47-69(74)79)82-73(88(72,56-24-12-11-13-25-56)57-26-22-27-58(89)48-57)52-75(80-68-31-18-19-32-76(68)92-83(80)82)91(60-41-37-55(38-42-60)85(4,5)6)62-44-46-65-67-30-17-21-34-78(67)94-87(9,10)71(65)50-62/h11-46,48-52H,47H2,1-10H3. The molecule has 2 aliphatic heterocycles. The predicted molar refractivity (Wildman–Crippen MR) is 384 cm³/mol. The second kappa shape index (κ2) is 20.5. The lowest BCUT2D eigenvalue weighted by Gasteiger charge is -2.38. The number of hydrogen-bond donors (Lipinski definition) is 0. The van der Waals surface area contributed by atoms with Gasteiger partial charge < -0.3 is 23.7 Å². The Bertz CT molecular complexity index is 5270. The molecule has 0 fully saturated rings. The molecular formula is C88H73FN2O3. The van der Waals surface area contributed by atoms with Crippen molar-refractivity contribution in [2.24, 2.45) is 0 Å². The highest BCUT2D eigenvalue weighted by Gasteiger charge is 2.52. The number of anilines is 6. The summed E-state index contributed by atoms with van der Waals surface area (Å²) in [5.41, 5.74) is 24.5. The number of ether oxygens (including phenoxy) is 2. The molecule has 1 atom stereocenters. The first-order valence-electron chi connectivity index (χ1n) is 33.0. The summed E-state index contributed by atoms with van der Waals surface area (Å²) in [6.07, 6.45) is 0.674. The van der Waals surface area contributed by atoms with Crippen molar-refractivity contribution in [2.75, 3.05) is 9.80 Å². The third-order valence-corrected chi connectivity index (χ3v) is 20.6. The van der Waals surface area contributed by atoms with Crippen LogP contribution < -0.4 is 19.3 Å². The molecule has 0 radical (unpaired) electrons. The highest BCUT2D eigenvalue weighted by Crippen LogP contribution is 2.66. The van der Waals surface area contributed by atoms with Crippen LogP contribution in [0.25, 0.3) is 66.4 Å². The number of nitrogens with zero attached hydrogens (tertiary/aromatic N) is 2. The van der Waals surface area contributed by atoms with Crippen molar-refractivity contribution in [3.63, 3.8) is 0 Å². The van der Waals surface area contributed by atoms with Crippen LogP contribution in [0.5, 0.6) is 11.5 Å². The lowest BCUT2D eigenvalue weighted by Crippen LogP contribution is -2.30. The van der Waals surface area contributed by atoms with Crippen molar-refractivity contribution in [2.45, 2.75) is 103 Å². The molecule has 6 heteroatoms. The van der Waals surface area contributed by atoms with Crippen molar-refractivity contribution >= 4 is 56.1 Å². The lowest BCUT2D eigenvalue weighted by atomic mass is 9.67. The minimum absolute atomic E-state index is 0.0874. The third-order valence-electron chi connectivity index (χ3n) is 20.6. The highest BCUT2D eigenvalue weighted by molar-refractivity contribution is 6.21. The Labute approximate surface area is 550 Å². The molecule has 13 aromatic rings. The van der Waals surface area contributed by atoms with Crippen molar-refractivity contribution in [3.8, 4) is 56.0 Å². The second-order valence-corrected chi connectivity index (χ2v) is 29.2. The van der Waals surface area contributed by atoms with Crippen molar-refractivity contribution in [1.29, 1.82) is 0 Å². The van der Waals surface area contributed by atoms with E-state index in [-0.39, 0.29) is 16.6 Å². The van der Waals surface area contributed by atoms with Gasteiger partial charge in [-0.2, -0.15) is 0 Å². The van der Waals surface area contributed by atoms with Crippen molar-refractivity contribution in [3.05, 3.63) is 310 Å². The van der Waals surface area contributed by atoms with Gasteiger partial charge in [-0.3, -0.25) is 0 Å². The smallest absolute Gasteiger partial charge is 0.145 e. The van der Waals surface area contributed by atoms with Crippen LogP contribution in [0.1, 0.15) is 125 Å². The molecule has 2 aliphatic carbocycles. The van der Waals surface area contributed by atoms with Gasteiger partial charge in [0.15, 0.2) is 0 Å². The molecule has 0 N–H and O–H groups in total. The number of benzene rings is 12. The maximum Gasteiger partial charge on any atom is 0.145 e. The summed E-state index contributed by atoms with van der Waals surface area (Å²) in [5.74, 6) is 1.43. The van der Waals surface area contributed by atoms with Gasteiger partial charge in [0.25, 0.3) is 0 Å². The fourth-order valence-corrected chi connectivity index (χ4v) is 16.1. The van der Waals surface area contributed by atoms with Gasteiger partial charge in [0.2, 0.25) is 0 Å². The van der Waals surface area contributed by atoms with Gasteiger partial charge in [0.05, 0.1) is 22.2 Å². The van der Waals surface area contributed by atoms with E-state index in [4.69, 9.17) is 13.9 Å². The molecule has 3 heterocycles. The van der Waals surface area contributed by atoms with E-state index in [1.807, 2.05) is 18.2 Å². The lowest BCUT2D eigenvalue weighted by molar-refractivity contribution is 0.105. The van der Waals surface area contributed by atoms with Gasteiger partial charge in [-0.05, 0) is 202 Å². The number of halogens is 1. The average Bonchev–Trinajstić information content (AvgIpc) is 1.49. The summed E-state index contributed by atoms with van der Waals surface area (Å²) in [7, 11) is 0. The molecule has 0 spiro atoms. The van der Waals surface area contributed by atoms with Crippen LogP contribution in [-0.4, -0.2) is 0 Å². The zero-order valence-corrected chi connectivity index (χ0v) is 54.9. The molecule has 0 amide bonds. The van der Waals surface area contributed by atoms with Gasteiger partial charge in [-0.1, -0.05) is 199 Å². The summed E-state index contributed by atoms with van der Waals surface area (Å²) < 4.78 is 38.7. The molecule has 1 aromatic heterocycles. The minimum atomic E-state index is -1.16. The molecule has 17 rings (SSSR count). The molecule has 12 aromatic carbocycles. The van der Waals surface area contributed by atoms with E-state index in [2.05, 4.69) is 297 Å². The molecule has 0 saturated carbocycles. The normalized spacial score (nSPS) is 15.9. The number of para-hydroxylation sites is 3. The first-order valence-corrected chi connectivity index (χ1v) is 33.0. The van der Waals surface area contributed by atoms with Crippen LogP contribution in [0.4, 0.5) is 38.5 Å². The van der Waals surface area contributed by atoms with Crippen LogP contribution in [-0.2, 0) is 33.9 Å². The summed E-state index contributed by atoms with van der Waals surface area (Å²) >= 11 is 0. The van der Waals surface area contributed by atoms with E-state index in [0.717, 1.165) is 140 Å². The van der Waals surface area contributed by atoms with Gasteiger partial charge in [-0.25, -0.2) is 4.39 Å². The zero-order chi connectivity index (χ0) is 64.4. The van der Waals surface area contributed by atoms with E-state index < -0.39 is 16.6 Å². The van der Waals surface area contributed by atoms with Crippen LogP contribution >= 0.6 is 0 Å². The second-order valence-electron chi connectivity index (χ2n) is 29.2. The molecule has 94 heavy (non-hydrogen) atoms. The molecule has 0 saturated heterocycles. The first-order chi connectivity index (χ1) is 45.3. The molecule has 460 valence electrons. The van der Waals surface area contributed by atoms with E-state index in [9.17, 15) is 0 Å². The maximum atomic E-state index is 17.1. The Kier molecular flexibility index (Phi) is 12.6. The summed E-state index contributed by atoms with van der Waals surface area (Å²) in [5, 5.41) is 1.97. The Morgan fingerprint density at radius 3 is 1.47 bits per heavy atom. The number of furan rings is 1. The zero-order valence-electron chi connectivity index (χ0n) is 54.9. The average molecular weight is 1230 g/mol. The predicted octanol–water partition coefficient (Wildman–Crippen LogP) is 23.8. The van der Waals surface area contributed by atoms with Crippen LogP contribution in [0, 0.1) is 5.82 Å². The van der Waals surface area contributed by atoms with Crippen LogP contribution in [0.2, 0.25) is 0 Å². The quantitative estimate of drug-likeness (QED) is 0.152. The minimum Gasteiger partial charge on any atom is -0.482 e. The van der Waals surface area contributed by atoms with Crippen LogP contribution in [0.3, 0.4) is 0 Å². The Morgan fingerprint density at radius 1 is 0.394 bits per heavy atom. The van der Waals surface area contributed by atoms with Crippen molar-refractivity contribution in [1.82, 2.24) is 0 Å². The Balaban J connectivity index is 1.02.